The number of nitrogens with one attached hydrogen (secondary N) is 2. The summed E-state index contributed by atoms with van der Waals surface area (Å²) in [6.07, 6.45) is 3.33. The Morgan fingerprint density at radius 1 is 1.50 bits per heavy atom. The largest absolute Gasteiger partial charge is 0.373 e. The van der Waals surface area contributed by atoms with Gasteiger partial charge in [0.05, 0.1) is 17.5 Å². The Morgan fingerprint density at radius 2 is 2.17 bits per heavy atom. The fourth-order valence-corrected chi connectivity index (χ4v) is 2.20. The zero-order chi connectivity index (χ0) is 18.3. The second-order valence-corrected chi connectivity index (χ2v) is 5.07. The van der Waals surface area contributed by atoms with Crippen molar-refractivity contribution in [2.75, 3.05) is 27.2 Å². The van der Waals surface area contributed by atoms with Gasteiger partial charge in [0.15, 0.2) is 5.82 Å². The van der Waals surface area contributed by atoms with Crippen LogP contribution in [-0.2, 0) is 7.05 Å². The first-order chi connectivity index (χ1) is 11.5. The van der Waals surface area contributed by atoms with Crippen molar-refractivity contribution in [3.8, 4) is 11.3 Å². The quantitative estimate of drug-likeness (QED) is 0.765. The number of nitrogens with zero attached hydrogens (tertiary/aromatic N) is 4. The normalized spacial score (nSPS) is 10.1. The Labute approximate surface area is 143 Å². The maximum absolute atomic E-state index is 14.8. The van der Waals surface area contributed by atoms with Gasteiger partial charge in [-0.25, -0.2) is 9.38 Å². The molecule has 0 bridgehead atoms. The molecule has 2 rings (SSSR count). The molecule has 0 radical (unpaired) electrons. The Bertz CT molecular complexity index is 685. The predicted octanol–water partition coefficient (Wildman–Crippen LogP) is 3.03. The van der Waals surface area contributed by atoms with Crippen LogP contribution < -0.4 is 5.32 Å². The molecule has 0 unspecified atom stereocenters. The highest BCUT2D eigenvalue weighted by Crippen LogP contribution is 2.35. The molecule has 0 spiro atoms. The first kappa shape index (κ1) is 19.6. The van der Waals surface area contributed by atoms with Crippen LogP contribution in [0.4, 0.5) is 10.2 Å². The number of likely N-dealkylation sites (N-methyl/N-ethyl adjacent to an activating group) is 2. The van der Waals surface area contributed by atoms with Gasteiger partial charge in [-0.2, -0.15) is 5.10 Å². The number of rotatable bonds is 7. The predicted molar refractivity (Wildman–Crippen MR) is 99.1 cm³/mol. The molecule has 0 aliphatic rings. The van der Waals surface area contributed by atoms with E-state index in [9.17, 15) is 4.39 Å². The number of halogens is 1. The van der Waals surface area contributed by atoms with Crippen LogP contribution in [0.1, 0.15) is 19.4 Å². The van der Waals surface area contributed by atoms with Crippen molar-refractivity contribution < 1.29 is 4.39 Å². The summed E-state index contributed by atoms with van der Waals surface area (Å²) in [6.45, 7) is 13.0. The first-order valence-electron chi connectivity index (χ1n) is 7.91. The van der Waals surface area contributed by atoms with Crippen LogP contribution >= 0.6 is 0 Å². The lowest BCUT2D eigenvalue weighted by Crippen LogP contribution is -2.26. The number of hydrogen-bond acceptors (Lipinski definition) is 4. The van der Waals surface area contributed by atoms with E-state index in [0.717, 1.165) is 6.54 Å². The molecule has 0 atom stereocenters. The van der Waals surface area contributed by atoms with E-state index in [-0.39, 0.29) is 0 Å². The van der Waals surface area contributed by atoms with Crippen LogP contribution in [0.2, 0.25) is 0 Å². The molecule has 0 amide bonds. The van der Waals surface area contributed by atoms with E-state index in [0.29, 0.717) is 34.9 Å². The summed E-state index contributed by atoms with van der Waals surface area (Å²) >= 11 is 0. The molecule has 132 valence electrons. The highest BCUT2D eigenvalue weighted by Gasteiger charge is 2.22. The first-order valence-corrected chi connectivity index (χ1v) is 7.91. The minimum absolute atomic E-state index is 0.340. The number of aromatic nitrogens is 3. The van der Waals surface area contributed by atoms with Gasteiger partial charge in [0.2, 0.25) is 0 Å². The number of H-pyrrole nitrogens is 1. The third-order valence-corrected chi connectivity index (χ3v) is 3.52. The average molecular weight is 334 g/mol. The Morgan fingerprint density at radius 3 is 2.67 bits per heavy atom. The Balaban J connectivity index is 0.00000139. The van der Waals surface area contributed by atoms with E-state index in [1.165, 1.54) is 0 Å². The van der Waals surface area contributed by atoms with Crippen LogP contribution in [0.3, 0.4) is 0 Å². The minimum Gasteiger partial charge on any atom is -0.373 e. The second-order valence-electron chi connectivity index (χ2n) is 5.07. The van der Waals surface area contributed by atoms with E-state index < -0.39 is 5.82 Å². The van der Waals surface area contributed by atoms with Gasteiger partial charge in [-0.15, -0.1) is 0 Å². The summed E-state index contributed by atoms with van der Waals surface area (Å²) in [4.78, 5) is 8.73. The van der Waals surface area contributed by atoms with Crippen molar-refractivity contribution in [2.45, 2.75) is 13.8 Å². The molecule has 0 fully saturated rings. The van der Waals surface area contributed by atoms with Crippen molar-refractivity contribution in [3.63, 3.8) is 0 Å². The van der Waals surface area contributed by atoms with E-state index >= 15 is 0 Å². The SMILES string of the molecule is C=Nc1[nH]c(-c2cnn(C)c2)c(F)c1C(=C)N(C)CCNC.CC. The standard InChI is InChI=1S/C15H21FN6.C2H6/c1-10(21(4)7-6-17-2)12-13(16)14(20-15(12)18-3)11-8-19-22(5)9-11;1-2/h8-9,17,20H,1,3,6-7H2,2,4-5H3;1-2H3. The third-order valence-electron chi connectivity index (χ3n) is 3.52. The van der Waals surface area contributed by atoms with Crippen LogP contribution in [0, 0.1) is 5.82 Å². The summed E-state index contributed by atoms with van der Waals surface area (Å²) < 4.78 is 16.5. The summed E-state index contributed by atoms with van der Waals surface area (Å²) in [5.41, 5.74) is 1.89. The summed E-state index contributed by atoms with van der Waals surface area (Å²) in [5, 5.41) is 7.11. The highest BCUT2D eigenvalue weighted by atomic mass is 19.1. The lowest BCUT2D eigenvalue weighted by atomic mass is 10.1. The summed E-state index contributed by atoms with van der Waals surface area (Å²) in [5.74, 6) is -0.0191. The van der Waals surface area contributed by atoms with Crippen LogP contribution in [-0.4, -0.2) is 53.6 Å². The van der Waals surface area contributed by atoms with Crippen molar-refractivity contribution >= 4 is 18.2 Å². The number of aromatic amines is 1. The summed E-state index contributed by atoms with van der Waals surface area (Å²) in [7, 11) is 5.51. The van der Waals surface area contributed by atoms with Crippen LogP contribution in [0.5, 0.6) is 0 Å². The Hall–Kier alpha value is -2.41. The molecule has 0 saturated carbocycles. The van der Waals surface area contributed by atoms with Gasteiger partial charge in [0, 0.05) is 44.6 Å². The molecule has 7 heteroatoms. The third kappa shape index (κ3) is 4.11. The van der Waals surface area contributed by atoms with Crippen molar-refractivity contribution in [1.29, 1.82) is 0 Å². The van der Waals surface area contributed by atoms with Crippen molar-refractivity contribution in [1.82, 2.24) is 25.0 Å². The Kier molecular flexibility index (Phi) is 7.38. The molecule has 2 N–H and O–H groups in total. The molecule has 0 aliphatic heterocycles. The maximum atomic E-state index is 14.8. The van der Waals surface area contributed by atoms with Gasteiger partial charge >= 0.3 is 0 Å². The molecule has 2 aromatic heterocycles. The second kappa shape index (κ2) is 9.02. The lowest BCUT2D eigenvalue weighted by molar-refractivity contribution is 0.470. The van der Waals surface area contributed by atoms with Gasteiger partial charge in [-0.1, -0.05) is 20.4 Å². The van der Waals surface area contributed by atoms with Gasteiger partial charge in [-0.3, -0.25) is 4.68 Å². The van der Waals surface area contributed by atoms with E-state index in [4.69, 9.17) is 0 Å². The number of hydrogen-bond donors (Lipinski definition) is 2. The maximum Gasteiger partial charge on any atom is 0.160 e. The average Bonchev–Trinajstić information content (AvgIpc) is 3.16. The molecule has 24 heavy (non-hydrogen) atoms. The minimum atomic E-state index is -0.392. The molecular formula is C17H27FN6. The van der Waals surface area contributed by atoms with E-state index in [1.54, 1.807) is 24.1 Å². The van der Waals surface area contributed by atoms with E-state index in [2.05, 4.69) is 33.7 Å². The van der Waals surface area contributed by atoms with Crippen molar-refractivity contribution in [3.05, 3.63) is 30.4 Å². The molecule has 2 heterocycles. The van der Waals surface area contributed by atoms with Gasteiger partial charge < -0.3 is 15.2 Å². The molecule has 6 nitrogen and oxygen atoms in total. The van der Waals surface area contributed by atoms with E-state index in [1.807, 2.05) is 32.8 Å². The zero-order valence-electron chi connectivity index (χ0n) is 15.1. The fraction of sp³-hybridized carbons (Fsp3) is 0.412. The van der Waals surface area contributed by atoms with Gasteiger partial charge in [0.25, 0.3) is 0 Å². The highest BCUT2D eigenvalue weighted by molar-refractivity contribution is 5.78. The van der Waals surface area contributed by atoms with Gasteiger partial charge in [0.1, 0.15) is 5.82 Å². The molecule has 0 aliphatic carbocycles. The topological polar surface area (TPSA) is 61.2 Å². The van der Waals surface area contributed by atoms with Crippen molar-refractivity contribution in [2.24, 2.45) is 12.0 Å². The zero-order valence-corrected chi connectivity index (χ0v) is 15.1. The smallest absolute Gasteiger partial charge is 0.160 e. The van der Waals surface area contributed by atoms with Gasteiger partial charge in [-0.05, 0) is 13.8 Å². The monoisotopic (exact) mass is 334 g/mol. The number of aryl methyl sites for hydroxylation is 1. The molecule has 2 aromatic rings. The lowest BCUT2D eigenvalue weighted by Gasteiger charge is -2.21. The van der Waals surface area contributed by atoms with Crippen LogP contribution in [0.15, 0.2) is 24.0 Å². The molecule has 0 saturated heterocycles. The number of aliphatic imine (C=N–C) groups is 1. The molecule has 0 aromatic carbocycles. The fourth-order valence-electron chi connectivity index (χ4n) is 2.20. The van der Waals surface area contributed by atoms with Crippen LogP contribution in [0.25, 0.3) is 17.0 Å². The molecular weight excluding hydrogens is 307 g/mol. The summed E-state index contributed by atoms with van der Waals surface area (Å²) in [6, 6.07) is 0.